The Morgan fingerprint density at radius 1 is 1.29 bits per heavy atom. The number of benzene rings is 1. The third-order valence-electron chi connectivity index (χ3n) is 4.71. The van der Waals surface area contributed by atoms with Crippen LogP contribution >= 0.6 is 0 Å². The number of rotatable bonds is 4. The number of piperidine rings is 1. The van der Waals surface area contributed by atoms with Gasteiger partial charge in [0, 0.05) is 13.6 Å². The van der Waals surface area contributed by atoms with Gasteiger partial charge in [-0.3, -0.25) is 4.68 Å². The Balaban J connectivity index is 2.02. The van der Waals surface area contributed by atoms with Gasteiger partial charge in [-0.2, -0.15) is 9.40 Å². The third-order valence-corrected chi connectivity index (χ3v) is 6.72. The van der Waals surface area contributed by atoms with Crippen molar-refractivity contribution >= 4 is 10.0 Å². The topological polar surface area (TPSA) is 64.4 Å². The molecular formula is C17H23N3O3S. The third kappa shape index (κ3) is 2.93. The number of sulfonamides is 1. The van der Waals surface area contributed by atoms with Crippen molar-refractivity contribution in [2.24, 2.45) is 7.05 Å². The SMILES string of the molecule is COc1cccc([C@@H]2CCCCN2S(=O)(=O)c2cnn(C)c2C)c1. The van der Waals surface area contributed by atoms with Crippen molar-refractivity contribution in [3.63, 3.8) is 0 Å². The van der Waals surface area contributed by atoms with E-state index in [1.165, 1.54) is 6.20 Å². The smallest absolute Gasteiger partial charge is 0.247 e. The molecule has 3 rings (SSSR count). The number of methoxy groups -OCH3 is 1. The molecule has 0 N–H and O–H groups in total. The first-order chi connectivity index (χ1) is 11.4. The lowest BCUT2D eigenvalue weighted by Crippen LogP contribution is -2.38. The van der Waals surface area contributed by atoms with Gasteiger partial charge in [0.25, 0.3) is 0 Å². The van der Waals surface area contributed by atoms with Crippen LogP contribution in [0.4, 0.5) is 0 Å². The van der Waals surface area contributed by atoms with Gasteiger partial charge in [0.1, 0.15) is 10.6 Å². The van der Waals surface area contributed by atoms with Crippen LogP contribution in [0.25, 0.3) is 0 Å². The van der Waals surface area contributed by atoms with Crippen molar-refractivity contribution in [1.29, 1.82) is 0 Å². The van der Waals surface area contributed by atoms with Crippen molar-refractivity contribution < 1.29 is 13.2 Å². The van der Waals surface area contributed by atoms with E-state index in [0.29, 0.717) is 17.1 Å². The van der Waals surface area contributed by atoms with E-state index in [0.717, 1.165) is 30.6 Å². The van der Waals surface area contributed by atoms with Crippen LogP contribution in [-0.4, -0.2) is 36.2 Å². The Kier molecular flexibility index (Phi) is 4.64. The summed E-state index contributed by atoms with van der Waals surface area (Å²) in [5, 5.41) is 4.09. The highest BCUT2D eigenvalue weighted by Crippen LogP contribution is 2.36. The Hall–Kier alpha value is -1.86. The van der Waals surface area contributed by atoms with Gasteiger partial charge in [0.2, 0.25) is 10.0 Å². The standard InChI is InChI=1S/C17H23N3O3S/c1-13-17(12-18-19(13)2)24(21,22)20-10-5-4-9-16(20)14-7-6-8-15(11-14)23-3/h6-8,11-12,16H,4-5,9-10H2,1-3H3/t16-/m0/s1. The molecule has 0 amide bonds. The molecule has 130 valence electrons. The highest BCUT2D eigenvalue weighted by molar-refractivity contribution is 7.89. The molecule has 7 heteroatoms. The van der Waals surface area contributed by atoms with E-state index >= 15 is 0 Å². The Morgan fingerprint density at radius 3 is 2.75 bits per heavy atom. The molecule has 0 spiro atoms. The molecule has 0 aliphatic carbocycles. The summed E-state index contributed by atoms with van der Waals surface area (Å²) in [6.07, 6.45) is 4.15. The summed E-state index contributed by atoms with van der Waals surface area (Å²) in [5.74, 6) is 0.743. The summed E-state index contributed by atoms with van der Waals surface area (Å²) in [6, 6.07) is 7.50. The van der Waals surface area contributed by atoms with Gasteiger partial charge in [0.15, 0.2) is 0 Å². The maximum atomic E-state index is 13.2. The lowest BCUT2D eigenvalue weighted by atomic mass is 9.97. The lowest BCUT2D eigenvalue weighted by Gasteiger charge is -2.35. The van der Waals surface area contributed by atoms with E-state index in [9.17, 15) is 8.42 Å². The molecule has 1 saturated heterocycles. The van der Waals surface area contributed by atoms with Crippen LogP contribution in [0.3, 0.4) is 0 Å². The van der Waals surface area contributed by atoms with Crippen molar-refractivity contribution in [1.82, 2.24) is 14.1 Å². The molecule has 2 heterocycles. The fourth-order valence-electron chi connectivity index (χ4n) is 3.23. The first kappa shape index (κ1) is 17.0. The Bertz CT molecular complexity index is 829. The molecule has 6 nitrogen and oxygen atoms in total. The van der Waals surface area contributed by atoms with Crippen molar-refractivity contribution in [2.45, 2.75) is 37.1 Å². The number of hydrogen-bond donors (Lipinski definition) is 0. The molecule has 1 aliphatic heterocycles. The van der Waals surface area contributed by atoms with E-state index in [4.69, 9.17) is 4.74 Å². The predicted molar refractivity (Wildman–Crippen MR) is 91.4 cm³/mol. The number of hydrogen-bond acceptors (Lipinski definition) is 4. The minimum Gasteiger partial charge on any atom is -0.497 e. The molecule has 24 heavy (non-hydrogen) atoms. The fourth-order valence-corrected chi connectivity index (χ4v) is 5.10. The van der Waals surface area contributed by atoms with Crippen LogP contribution in [0, 0.1) is 6.92 Å². The molecule has 1 fully saturated rings. The van der Waals surface area contributed by atoms with E-state index in [1.807, 2.05) is 24.3 Å². The molecule has 0 unspecified atom stereocenters. The minimum absolute atomic E-state index is 0.168. The number of aromatic nitrogens is 2. The van der Waals surface area contributed by atoms with Gasteiger partial charge in [0.05, 0.1) is 25.0 Å². The molecule has 2 aromatic rings. The molecule has 0 saturated carbocycles. The summed E-state index contributed by atoms with van der Waals surface area (Å²) in [6.45, 7) is 2.31. The van der Waals surface area contributed by atoms with Gasteiger partial charge in [-0.1, -0.05) is 18.6 Å². The van der Waals surface area contributed by atoms with Gasteiger partial charge in [-0.05, 0) is 37.5 Å². The predicted octanol–water partition coefficient (Wildman–Crippen LogP) is 2.65. The second-order valence-corrected chi connectivity index (χ2v) is 7.98. The summed E-state index contributed by atoms with van der Waals surface area (Å²) in [5.41, 5.74) is 1.63. The van der Waals surface area contributed by atoms with E-state index in [2.05, 4.69) is 5.10 Å². The number of nitrogens with zero attached hydrogens (tertiary/aromatic N) is 3. The Morgan fingerprint density at radius 2 is 2.08 bits per heavy atom. The second kappa shape index (κ2) is 6.57. The fraction of sp³-hybridized carbons (Fsp3) is 0.471. The molecule has 1 aromatic heterocycles. The first-order valence-corrected chi connectivity index (χ1v) is 9.53. The van der Waals surface area contributed by atoms with Crippen molar-refractivity contribution in [2.75, 3.05) is 13.7 Å². The van der Waals surface area contributed by atoms with Crippen molar-refractivity contribution in [3.8, 4) is 5.75 Å². The van der Waals surface area contributed by atoms with Crippen LogP contribution < -0.4 is 4.74 Å². The zero-order valence-electron chi connectivity index (χ0n) is 14.3. The normalized spacial score (nSPS) is 19.4. The quantitative estimate of drug-likeness (QED) is 0.851. The van der Waals surface area contributed by atoms with Gasteiger partial charge in [-0.25, -0.2) is 8.42 Å². The van der Waals surface area contributed by atoms with E-state index in [1.54, 1.807) is 30.1 Å². The van der Waals surface area contributed by atoms with Crippen molar-refractivity contribution in [3.05, 3.63) is 41.7 Å². The summed E-state index contributed by atoms with van der Waals surface area (Å²) in [4.78, 5) is 0.291. The zero-order chi connectivity index (χ0) is 17.3. The molecular weight excluding hydrogens is 326 g/mol. The first-order valence-electron chi connectivity index (χ1n) is 8.09. The van der Waals surface area contributed by atoms with Gasteiger partial charge < -0.3 is 4.74 Å². The van der Waals surface area contributed by atoms with Crippen LogP contribution in [0.1, 0.15) is 36.6 Å². The lowest BCUT2D eigenvalue weighted by molar-refractivity contribution is 0.255. The van der Waals surface area contributed by atoms with Crippen LogP contribution in [0.15, 0.2) is 35.4 Å². The summed E-state index contributed by atoms with van der Waals surface area (Å²) < 4.78 is 34.9. The van der Waals surface area contributed by atoms with Crippen LogP contribution in [0.2, 0.25) is 0 Å². The zero-order valence-corrected chi connectivity index (χ0v) is 15.1. The monoisotopic (exact) mass is 349 g/mol. The highest BCUT2D eigenvalue weighted by Gasteiger charge is 2.36. The second-order valence-electron chi connectivity index (χ2n) is 6.12. The maximum absolute atomic E-state index is 13.2. The summed E-state index contributed by atoms with van der Waals surface area (Å²) in [7, 11) is -0.207. The van der Waals surface area contributed by atoms with Crippen LogP contribution in [-0.2, 0) is 17.1 Å². The van der Waals surface area contributed by atoms with E-state index in [-0.39, 0.29) is 6.04 Å². The van der Waals surface area contributed by atoms with Gasteiger partial charge in [-0.15, -0.1) is 0 Å². The average molecular weight is 349 g/mol. The minimum atomic E-state index is -3.58. The molecule has 1 aromatic carbocycles. The molecule has 1 atom stereocenters. The average Bonchev–Trinajstić information content (AvgIpc) is 2.95. The number of ether oxygens (including phenoxy) is 1. The molecule has 0 radical (unpaired) electrons. The van der Waals surface area contributed by atoms with E-state index < -0.39 is 10.0 Å². The largest absolute Gasteiger partial charge is 0.497 e. The number of aryl methyl sites for hydroxylation is 1. The Labute approximate surface area is 143 Å². The highest BCUT2D eigenvalue weighted by atomic mass is 32.2. The van der Waals surface area contributed by atoms with Crippen LogP contribution in [0.5, 0.6) is 5.75 Å². The molecule has 0 bridgehead atoms. The maximum Gasteiger partial charge on any atom is 0.247 e. The summed E-state index contributed by atoms with van der Waals surface area (Å²) >= 11 is 0. The molecule has 1 aliphatic rings. The van der Waals surface area contributed by atoms with Gasteiger partial charge >= 0.3 is 0 Å².